The number of fused-ring (bicyclic) bond motifs is 7. The minimum Gasteiger partial charge on any atom is -0.478 e. The number of nitrogens with one attached hydrogen (secondary N) is 1. The van der Waals surface area contributed by atoms with Crippen molar-refractivity contribution in [2.75, 3.05) is 27.2 Å². The van der Waals surface area contributed by atoms with E-state index in [9.17, 15) is 14.7 Å². The molecule has 5 fully saturated rings. The molecule has 5 aliphatic carbocycles. The standard InChI is InChI=1S/C41H63IN2O3/c1-26(2)42-31-17-21-41(36(47)43-24-25-44(8)9)23-22-39(6)30(34(31)41)14-15-33-38(5)19-16-29(27-10-12-28(13-11-27)35(45)46)37(3,4)32(38)18-20-40(33,39)7/h10-13,29-34H,14-25H2,1-9H3,(H,43,47)(H,45,46)/t29-,30-,31?,32+,33-,34+,38+,39-,40-,41+/m1/s1. The lowest BCUT2D eigenvalue weighted by Gasteiger charge is -2.73. The van der Waals surface area contributed by atoms with E-state index in [2.05, 4.69) is 84.9 Å². The number of aromatic carboxylic acids is 1. The van der Waals surface area contributed by atoms with E-state index in [1.54, 1.807) is 3.51 Å². The van der Waals surface area contributed by atoms with E-state index in [0.717, 1.165) is 29.9 Å². The van der Waals surface area contributed by atoms with Crippen molar-refractivity contribution in [3.05, 3.63) is 35.4 Å². The van der Waals surface area contributed by atoms with Gasteiger partial charge in [0.05, 0.1) is 11.0 Å². The summed E-state index contributed by atoms with van der Waals surface area (Å²) in [6.45, 7) is 19.5. The number of hydrogen-bond donors (Lipinski definition) is 2. The maximum Gasteiger partial charge on any atom is 0.335 e. The summed E-state index contributed by atoms with van der Waals surface area (Å²) in [6, 6.07) is 7.81. The Morgan fingerprint density at radius 3 is 2.19 bits per heavy atom. The van der Waals surface area contributed by atoms with Crippen LogP contribution in [-0.4, -0.2) is 56.5 Å². The van der Waals surface area contributed by atoms with Crippen LogP contribution in [0.5, 0.6) is 0 Å². The summed E-state index contributed by atoms with van der Waals surface area (Å²) in [6.07, 6.45) is 12.2. The third-order valence-corrected chi connectivity index (χ3v) is 19.0. The number of carboxylic acids is 1. The highest BCUT2D eigenvalue weighted by atomic mass is 127. The van der Waals surface area contributed by atoms with Gasteiger partial charge in [-0.2, -0.15) is 0 Å². The van der Waals surface area contributed by atoms with Crippen molar-refractivity contribution in [2.45, 2.75) is 123 Å². The Kier molecular flexibility index (Phi) is 9.45. The second kappa shape index (κ2) is 12.5. The Morgan fingerprint density at radius 2 is 1.55 bits per heavy atom. The molecule has 0 spiro atoms. The molecular formula is C41H63IN2O3. The van der Waals surface area contributed by atoms with E-state index >= 15 is 0 Å². The first-order chi connectivity index (χ1) is 22.0. The summed E-state index contributed by atoms with van der Waals surface area (Å²) in [7, 11) is 4.19. The minimum atomic E-state index is -0.846. The van der Waals surface area contributed by atoms with Crippen molar-refractivity contribution in [2.24, 2.45) is 50.7 Å². The van der Waals surface area contributed by atoms with Crippen LogP contribution in [0.2, 0.25) is 0 Å². The average molecular weight is 759 g/mol. The number of carboxylic acid groups (broad SMARTS) is 1. The van der Waals surface area contributed by atoms with Gasteiger partial charge in [-0.1, -0.05) is 46.8 Å². The Bertz CT molecular complexity index is 1400. The third-order valence-electron chi connectivity index (χ3n) is 15.6. The zero-order valence-corrected chi connectivity index (χ0v) is 33.0. The van der Waals surface area contributed by atoms with Crippen LogP contribution in [0.25, 0.3) is 0 Å². The van der Waals surface area contributed by atoms with Gasteiger partial charge in [-0.3, -0.25) is 4.79 Å². The average Bonchev–Trinajstić information content (AvgIpc) is 3.36. The van der Waals surface area contributed by atoms with Gasteiger partial charge in [0.25, 0.3) is 0 Å². The predicted octanol–water partition coefficient (Wildman–Crippen LogP) is 9.16. The molecule has 5 saturated carbocycles. The van der Waals surface area contributed by atoms with Crippen LogP contribution in [0.4, 0.5) is 0 Å². The molecule has 1 aromatic rings. The molecule has 2 N–H and O–H groups in total. The zero-order valence-electron chi connectivity index (χ0n) is 30.8. The third kappa shape index (κ3) is 5.51. The number of alkyl halides is 1. The van der Waals surface area contributed by atoms with Crippen LogP contribution in [0.1, 0.15) is 135 Å². The fourth-order valence-electron chi connectivity index (χ4n) is 13.3. The first-order valence-electron chi connectivity index (χ1n) is 18.7. The molecule has 0 heterocycles. The van der Waals surface area contributed by atoms with Crippen molar-refractivity contribution in [1.29, 1.82) is 0 Å². The fourth-order valence-corrected chi connectivity index (χ4v) is 17.1. The van der Waals surface area contributed by atoms with Gasteiger partial charge in [0.15, 0.2) is 0 Å². The molecule has 1 aromatic carbocycles. The van der Waals surface area contributed by atoms with E-state index in [1.165, 1.54) is 56.9 Å². The SMILES string of the molecule is CC(C)=IC1CC[C@]2(C(=O)NCCN(C)C)CC[C@]3(C)[C@H](CC[C@@H]4[C@@]5(C)CC[C@H](c6ccc(C(=O)O)cc6)C(C)(C)[C@@H]5CC[C@]43C)[C@@H]12. The maximum absolute atomic E-state index is 14.3. The topological polar surface area (TPSA) is 69.6 Å². The number of hydrogen-bond acceptors (Lipinski definition) is 3. The monoisotopic (exact) mass is 758 g/mol. The summed E-state index contributed by atoms with van der Waals surface area (Å²) < 4.78 is 2.37. The number of carbonyl (C=O) groups is 2. The summed E-state index contributed by atoms with van der Waals surface area (Å²) >= 11 is -0.0345. The van der Waals surface area contributed by atoms with Crippen molar-refractivity contribution in [3.8, 4) is 0 Å². The second-order valence-corrected chi connectivity index (χ2v) is 22.7. The van der Waals surface area contributed by atoms with Gasteiger partial charge in [0.2, 0.25) is 5.91 Å². The first kappa shape index (κ1) is 35.5. The summed E-state index contributed by atoms with van der Waals surface area (Å²) in [4.78, 5) is 28.0. The number of carbonyl (C=O) groups excluding carboxylic acids is 1. The van der Waals surface area contributed by atoms with Gasteiger partial charge in [-0.15, -0.1) is 20.7 Å². The van der Waals surface area contributed by atoms with E-state index in [-0.39, 0.29) is 42.4 Å². The molecule has 0 aliphatic heterocycles. The molecule has 0 radical (unpaired) electrons. The summed E-state index contributed by atoms with van der Waals surface area (Å²) in [5, 5.41) is 13.0. The Balaban J connectivity index is 1.31. The fraction of sp³-hybridized carbons (Fsp3) is 0.780. The molecule has 5 aliphatic rings. The molecule has 1 amide bonds. The molecule has 0 aromatic heterocycles. The Morgan fingerprint density at radius 1 is 0.851 bits per heavy atom. The summed E-state index contributed by atoms with van der Waals surface area (Å²) in [5.74, 6) is 2.53. The molecule has 6 heteroatoms. The highest BCUT2D eigenvalue weighted by molar-refractivity contribution is 14.2. The maximum atomic E-state index is 14.3. The molecule has 6 rings (SSSR count). The van der Waals surface area contributed by atoms with Gasteiger partial charge in [0.1, 0.15) is 0 Å². The lowest BCUT2D eigenvalue weighted by molar-refractivity contribution is -0.235. The van der Waals surface area contributed by atoms with Gasteiger partial charge in [0, 0.05) is 17.0 Å². The number of amides is 1. The minimum absolute atomic E-state index is 0.0345. The lowest BCUT2D eigenvalue weighted by Crippen LogP contribution is -2.67. The molecule has 47 heavy (non-hydrogen) atoms. The van der Waals surface area contributed by atoms with Gasteiger partial charge in [-0.25, -0.2) is 4.79 Å². The second-order valence-electron chi connectivity index (χ2n) is 18.3. The molecule has 10 atom stereocenters. The van der Waals surface area contributed by atoms with Crippen molar-refractivity contribution < 1.29 is 14.7 Å². The highest BCUT2D eigenvalue weighted by Crippen LogP contribution is 2.78. The Hall–Kier alpha value is -1.28. The van der Waals surface area contributed by atoms with Crippen LogP contribution in [0.3, 0.4) is 0 Å². The van der Waals surface area contributed by atoms with Crippen LogP contribution in [-0.2, 0) is 4.79 Å². The van der Waals surface area contributed by atoms with Crippen molar-refractivity contribution >= 4 is 36.1 Å². The van der Waals surface area contributed by atoms with E-state index in [0.29, 0.717) is 46.5 Å². The van der Waals surface area contributed by atoms with Gasteiger partial charge < -0.3 is 15.3 Å². The quantitative estimate of drug-likeness (QED) is 0.215. The zero-order chi connectivity index (χ0) is 34.2. The van der Waals surface area contributed by atoms with Gasteiger partial charge >= 0.3 is 5.97 Å². The first-order valence-corrected chi connectivity index (χ1v) is 21.0. The molecule has 262 valence electrons. The van der Waals surface area contributed by atoms with Crippen LogP contribution in [0, 0.1) is 50.7 Å². The lowest BCUT2D eigenvalue weighted by atomic mass is 9.32. The van der Waals surface area contributed by atoms with E-state index < -0.39 is 5.97 Å². The Labute approximate surface area is 295 Å². The van der Waals surface area contributed by atoms with Gasteiger partial charge in [-0.05, 0) is 165 Å². The molecule has 0 saturated heterocycles. The number of nitrogens with zero attached hydrogens (tertiary/aromatic N) is 1. The summed E-state index contributed by atoms with van der Waals surface area (Å²) in [5.41, 5.74) is 2.54. The smallest absolute Gasteiger partial charge is 0.335 e. The molecule has 1 unspecified atom stereocenters. The molecular weight excluding hydrogens is 695 g/mol. The molecule has 0 bridgehead atoms. The van der Waals surface area contributed by atoms with Crippen LogP contribution in [0.15, 0.2) is 24.3 Å². The normalized spacial score (nSPS) is 42.1. The number of likely N-dealkylation sites (N-methyl/N-ethyl adjacent to an activating group) is 1. The largest absolute Gasteiger partial charge is 0.478 e. The predicted molar refractivity (Wildman–Crippen MR) is 203 cm³/mol. The number of halogens is 1. The van der Waals surface area contributed by atoms with Crippen molar-refractivity contribution in [1.82, 2.24) is 10.2 Å². The van der Waals surface area contributed by atoms with E-state index in [1.807, 2.05) is 12.1 Å². The van der Waals surface area contributed by atoms with Crippen LogP contribution < -0.4 is 5.32 Å². The highest BCUT2D eigenvalue weighted by Gasteiger charge is 2.71. The molecule has 5 nitrogen and oxygen atoms in total. The van der Waals surface area contributed by atoms with Crippen molar-refractivity contribution in [3.63, 3.8) is 0 Å². The number of rotatable bonds is 7. The number of benzene rings is 1. The van der Waals surface area contributed by atoms with Crippen LogP contribution >= 0.6 is 20.7 Å². The van der Waals surface area contributed by atoms with E-state index in [4.69, 9.17) is 0 Å².